The van der Waals surface area contributed by atoms with Crippen LogP contribution in [-0.2, 0) is 21.6 Å². The van der Waals surface area contributed by atoms with Gasteiger partial charge in [-0.05, 0) is 48.4 Å². The second-order valence-corrected chi connectivity index (χ2v) is 9.42. The van der Waals surface area contributed by atoms with E-state index in [0.717, 1.165) is 30.7 Å². The van der Waals surface area contributed by atoms with Gasteiger partial charge in [-0.2, -0.15) is 8.78 Å². The number of aliphatic hydroxyl groups is 1. The van der Waals surface area contributed by atoms with Crippen LogP contribution < -0.4 is 4.74 Å². The summed E-state index contributed by atoms with van der Waals surface area (Å²) < 4.78 is 115. The van der Waals surface area contributed by atoms with Gasteiger partial charge in [-0.1, -0.05) is 26.3 Å². The molecule has 0 spiro atoms. The van der Waals surface area contributed by atoms with Crippen LogP contribution in [0.1, 0.15) is 37.8 Å². The van der Waals surface area contributed by atoms with Gasteiger partial charge in [-0.15, -0.1) is 0 Å². The molecule has 1 fully saturated rings. The van der Waals surface area contributed by atoms with Gasteiger partial charge in [0.25, 0.3) is 0 Å². The molecule has 4 rings (SSSR count). The normalized spacial score (nSPS) is 21.9. The first kappa shape index (κ1) is 27.9. The molecule has 1 saturated heterocycles. The Labute approximate surface area is 213 Å². The molecule has 0 amide bonds. The third-order valence-electron chi connectivity index (χ3n) is 6.20. The Morgan fingerprint density at radius 3 is 2.03 bits per heavy atom. The SMILES string of the molecule is CCCC1(C)COC(O)(c2cc(F)c(C(F)(F)Oc3ccc(-c4ccc(F)c(F)c4)c(F)c3)c(F)c2)OC1. The Balaban J connectivity index is 1.57. The molecule has 0 saturated carbocycles. The van der Waals surface area contributed by atoms with Crippen molar-refractivity contribution < 1.29 is 50.1 Å². The Hall–Kier alpha value is -3.15. The van der Waals surface area contributed by atoms with Crippen molar-refractivity contribution in [1.82, 2.24) is 0 Å². The first-order valence-corrected chi connectivity index (χ1v) is 11.6. The molecule has 1 N–H and O–H groups in total. The number of hydrogen-bond donors (Lipinski definition) is 1. The first-order chi connectivity index (χ1) is 17.8. The summed E-state index contributed by atoms with van der Waals surface area (Å²) in [5.74, 6) is -10.4. The van der Waals surface area contributed by atoms with Crippen LogP contribution in [0.15, 0.2) is 48.5 Å². The van der Waals surface area contributed by atoms with E-state index in [1.807, 2.05) is 13.8 Å². The van der Waals surface area contributed by atoms with Crippen LogP contribution in [0.4, 0.5) is 30.7 Å². The molecule has 1 aliphatic rings. The molecule has 11 heteroatoms. The number of benzene rings is 3. The van der Waals surface area contributed by atoms with Gasteiger partial charge in [0.1, 0.15) is 28.8 Å². The van der Waals surface area contributed by atoms with E-state index in [1.165, 1.54) is 0 Å². The summed E-state index contributed by atoms with van der Waals surface area (Å²) in [6, 6.07) is 5.77. The average Bonchev–Trinajstić information content (AvgIpc) is 2.82. The molecule has 1 aliphatic heterocycles. The molecule has 4 nitrogen and oxygen atoms in total. The van der Waals surface area contributed by atoms with Gasteiger partial charge in [-0.25, -0.2) is 22.0 Å². The third kappa shape index (κ3) is 5.50. The molecule has 3 aromatic rings. The van der Waals surface area contributed by atoms with Crippen molar-refractivity contribution in [1.29, 1.82) is 0 Å². The van der Waals surface area contributed by atoms with E-state index in [1.54, 1.807) is 0 Å². The maximum atomic E-state index is 14.8. The molecule has 204 valence electrons. The minimum absolute atomic E-state index is 0.00623. The maximum Gasteiger partial charge on any atom is 0.432 e. The fraction of sp³-hybridized carbons (Fsp3) is 0.333. The maximum absolute atomic E-state index is 14.8. The first-order valence-electron chi connectivity index (χ1n) is 11.6. The highest BCUT2D eigenvalue weighted by Gasteiger charge is 2.46. The summed E-state index contributed by atoms with van der Waals surface area (Å²) >= 11 is 0. The van der Waals surface area contributed by atoms with Gasteiger partial charge in [-0.3, -0.25) is 0 Å². The Morgan fingerprint density at radius 1 is 0.842 bits per heavy atom. The zero-order valence-electron chi connectivity index (χ0n) is 20.3. The van der Waals surface area contributed by atoms with Crippen molar-refractivity contribution in [2.45, 2.75) is 38.8 Å². The highest BCUT2D eigenvalue weighted by atomic mass is 19.3. The van der Waals surface area contributed by atoms with Gasteiger partial charge in [0, 0.05) is 22.6 Å². The van der Waals surface area contributed by atoms with Gasteiger partial charge in [0.2, 0.25) is 0 Å². The van der Waals surface area contributed by atoms with E-state index >= 15 is 0 Å². The summed E-state index contributed by atoms with van der Waals surface area (Å²) in [6.45, 7) is 3.76. The monoisotopic (exact) mass is 544 g/mol. The molecular formula is C27H23F7O4. The predicted molar refractivity (Wildman–Crippen MR) is 121 cm³/mol. The fourth-order valence-electron chi connectivity index (χ4n) is 4.23. The Kier molecular flexibility index (Phi) is 7.48. The Morgan fingerprint density at radius 2 is 1.47 bits per heavy atom. The molecule has 0 bridgehead atoms. The van der Waals surface area contributed by atoms with Crippen LogP contribution >= 0.6 is 0 Å². The molecule has 0 unspecified atom stereocenters. The number of alkyl halides is 2. The quantitative estimate of drug-likeness (QED) is 0.322. The van der Waals surface area contributed by atoms with Crippen LogP contribution in [0.3, 0.4) is 0 Å². The zero-order chi connectivity index (χ0) is 27.9. The second-order valence-electron chi connectivity index (χ2n) is 9.42. The fourth-order valence-corrected chi connectivity index (χ4v) is 4.23. The third-order valence-corrected chi connectivity index (χ3v) is 6.20. The van der Waals surface area contributed by atoms with Crippen LogP contribution in [0.5, 0.6) is 5.75 Å². The highest BCUT2D eigenvalue weighted by molar-refractivity contribution is 5.65. The van der Waals surface area contributed by atoms with Gasteiger partial charge in [0.15, 0.2) is 11.6 Å². The average molecular weight is 544 g/mol. The number of rotatable bonds is 7. The summed E-state index contributed by atoms with van der Waals surface area (Å²) in [5.41, 5.74) is -3.15. The minimum atomic E-state index is -4.61. The zero-order valence-corrected chi connectivity index (χ0v) is 20.3. The second kappa shape index (κ2) is 10.2. The van der Waals surface area contributed by atoms with Gasteiger partial charge >= 0.3 is 12.1 Å². The van der Waals surface area contributed by atoms with Crippen molar-refractivity contribution in [3.8, 4) is 16.9 Å². The van der Waals surface area contributed by atoms with Crippen molar-refractivity contribution in [2.24, 2.45) is 5.41 Å². The molecular weight excluding hydrogens is 521 g/mol. The molecule has 1 heterocycles. The topological polar surface area (TPSA) is 47.9 Å². The van der Waals surface area contributed by atoms with Crippen LogP contribution in [0.2, 0.25) is 0 Å². The van der Waals surface area contributed by atoms with Crippen LogP contribution in [-0.4, -0.2) is 18.3 Å². The molecule has 0 atom stereocenters. The lowest BCUT2D eigenvalue weighted by molar-refractivity contribution is -0.415. The van der Waals surface area contributed by atoms with Crippen LogP contribution in [0, 0.1) is 34.5 Å². The van der Waals surface area contributed by atoms with Crippen molar-refractivity contribution in [3.63, 3.8) is 0 Å². The molecule has 3 aromatic carbocycles. The van der Waals surface area contributed by atoms with Gasteiger partial charge in [0.05, 0.1) is 13.2 Å². The van der Waals surface area contributed by atoms with Crippen molar-refractivity contribution in [2.75, 3.05) is 13.2 Å². The van der Waals surface area contributed by atoms with E-state index in [9.17, 15) is 35.8 Å². The van der Waals surface area contributed by atoms with E-state index in [0.29, 0.717) is 30.7 Å². The minimum Gasteiger partial charge on any atom is -0.429 e. The van der Waals surface area contributed by atoms with Crippen molar-refractivity contribution in [3.05, 3.63) is 88.7 Å². The van der Waals surface area contributed by atoms with Crippen LogP contribution in [0.25, 0.3) is 11.1 Å². The summed E-state index contributed by atoms with van der Waals surface area (Å²) in [6.07, 6.45) is -3.12. The smallest absolute Gasteiger partial charge is 0.429 e. The largest absolute Gasteiger partial charge is 0.432 e. The van der Waals surface area contributed by atoms with E-state index < -0.39 is 63.5 Å². The lowest BCUT2D eigenvalue weighted by atomic mass is 9.86. The highest BCUT2D eigenvalue weighted by Crippen LogP contribution is 2.41. The lowest BCUT2D eigenvalue weighted by Crippen LogP contribution is -2.46. The Bertz CT molecular complexity index is 1310. The number of halogens is 7. The molecule has 0 aliphatic carbocycles. The molecule has 0 aromatic heterocycles. The summed E-state index contributed by atoms with van der Waals surface area (Å²) in [4.78, 5) is 0. The molecule has 0 radical (unpaired) electrons. The van der Waals surface area contributed by atoms with E-state index in [4.69, 9.17) is 9.47 Å². The van der Waals surface area contributed by atoms with Gasteiger partial charge < -0.3 is 19.3 Å². The van der Waals surface area contributed by atoms with Crippen molar-refractivity contribution >= 4 is 0 Å². The van der Waals surface area contributed by atoms with E-state index in [2.05, 4.69) is 4.74 Å². The summed E-state index contributed by atoms with van der Waals surface area (Å²) in [7, 11) is 0. The number of hydrogen-bond acceptors (Lipinski definition) is 4. The molecule has 38 heavy (non-hydrogen) atoms. The lowest BCUT2D eigenvalue weighted by Gasteiger charge is -2.41. The number of ether oxygens (including phenoxy) is 3. The summed E-state index contributed by atoms with van der Waals surface area (Å²) in [5, 5.41) is 10.6. The van der Waals surface area contributed by atoms with E-state index in [-0.39, 0.29) is 24.3 Å². The predicted octanol–water partition coefficient (Wildman–Crippen LogP) is 7.13. The standard InChI is InChI=1S/C27H23F7O4/c1-3-8-25(2)13-36-27(35,37-14-25)16-10-22(31)24(23(32)11-16)26(33,34)38-17-5-6-18(20(29)12-17)15-4-7-19(28)21(30)9-15/h4-7,9-12,35H,3,8,13-14H2,1-2H3.